The molecule has 4 nitrogen and oxygen atoms in total. The van der Waals surface area contributed by atoms with E-state index in [4.69, 9.17) is 16.6 Å². The molecule has 1 aromatic heterocycles. The molecule has 0 saturated heterocycles. The highest BCUT2D eigenvalue weighted by Gasteiger charge is 2.21. The van der Waals surface area contributed by atoms with Crippen molar-refractivity contribution in [1.82, 2.24) is 9.55 Å². The summed E-state index contributed by atoms with van der Waals surface area (Å²) >= 11 is 6.28. The van der Waals surface area contributed by atoms with E-state index >= 15 is 0 Å². The van der Waals surface area contributed by atoms with Crippen LogP contribution in [0.25, 0.3) is 10.9 Å². The first-order chi connectivity index (χ1) is 11.2. The van der Waals surface area contributed by atoms with Crippen LogP contribution in [0.15, 0.2) is 53.3 Å². The molecule has 0 amide bonds. The Balaban J connectivity index is 1.82. The summed E-state index contributed by atoms with van der Waals surface area (Å²) in [7, 11) is 0. The van der Waals surface area contributed by atoms with Gasteiger partial charge in [-0.05, 0) is 30.2 Å². The van der Waals surface area contributed by atoms with E-state index in [1.165, 1.54) is 0 Å². The van der Waals surface area contributed by atoms with Gasteiger partial charge in [-0.15, -0.1) is 0 Å². The molecule has 0 radical (unpaired) electrons. The Kier molecular flexibility index (Phi) is 3.54. The fourth-order valence-corrected chi connectivity index (χ4v) is 3.30. The quantitative estimate of drug-likeness (QED) is 0.724. The summed E-state index contributed by atoms with van der Waals surface area (Å²) in [4.78, 5) is 19.6. The minimum absolute atomic E-state index is 0.0365. The van der Waals surface area contributed by atoms with Crippen LogP contribution in [-0.4, -0.2) is 16.1 Å². The largest absolute Gasteiger partial charge is 0.338 e. The second kappa shape index (κ2) is 5.70. The predicted octanol–water partition coefficient (Wildman–Crippen LogP) is 3.46. The normalized spacial score (nSPS) is 14.0. The van der Waals surface area contributed by atoms with Gasteiger partial charge in [-0.25, -0.2) is 4.98 Å². The van der Waals surface area contributed by atoms with E-state index in [1.54, 1.807) is 4.57 Å². The summed E-state index contributed by atoms with van der Waals surface area (Å²) in [6, 6.07) is 15.3. The van der Waals surface area contributed by atoms with Crippen molar-refractivity contribution in [3.05, 3.63) is 69.5 Å². The Morgan fingerprint density at radius 3 is 2.70 bits per heavy atom. The molecule has 0 N–H and O–H groups in total. The number of aromatic nitrogens is 2. The first-order valence-corrected chi connectivity index (χ1v) is 8.10. The van der Waals surface area contributed by atoms with Gasteiger partial charge in [0.1, 0.15) is 0 Å². The number of para-hydroxylation sites is 1. The number of hydrogen-bond acceptors (Lipinski definition) is 3. The molecule has 0 bridgehead atoms. The number of halogens is 1. The summed E-state index contributed by atoms with van der Waals surface area (Å²) in [5, 5.41) is 1.42. The maximum Gasteiger partial charge on any atom is 0.262 e. The lowest BCUT2D eigenvalue weighted by Gasteiger charge is -2.31. The van der Waals surface area contributed by atoms with E-state index < -0.39 is 0 Å². The molecular weight excluding hydrogens is 310 g/mol. The lowest BCUT2D eigenvalue weighted by molar-refractivity contribution is 0.535. The zero-order chi connectivity index (χ0) is 15.8. The Morgan fingerprint density at radius 1 is 1.04 bits per heavy atom. The van der Waals surface area contributed by atoms with Crippen LogP contribution in [0.5, 0.6) is 0 Å². The maximum absolute atomic E-state index is 12.7. The minimum atomic E-state index is 0.0365. The molecule has 0 saturated carbocycles. The zero-order valence-corrected chi connectivity index (χ0v) is 13.3. The van der Waals surface area contributed by atoms with Gasteiger partial charge in [0, 0.05) is 24.7 Å². The van der Waals surface area contributed by atoms with Crippen molar-refractivity contribution >= 4 is 28.5 Å². The molecule has 3 aromatic rings. The van der Waals surface area contributed by atoms with E-state index in [-0.39, 0.29) is 5.56 Å². The average molecular weight is 326 g/mol. The van der Waals surface area contributed by atoms with Crippen LogP contribution in [0.3, 0.4) is 0 Å². The van der Waals surface area contributed by atoms with Crippen molar-refractivity contribution in [2.75, 3.05) is 11.4 Å². The topological polar surface area (TPSA) is 38.1 Å². The third kappa shape index (κ3) is 2.49. The van der Waals surface area contributed by atoms with Crippen molar-refractivity contribution in [2.45, 2.75) is 19.5 Å². The molecule has 4 rings (SSSR count). The smallest absolute Gasteiger partial charge is 0.262 e. The summed E-state index contributed by atoms with van der Waals surface area (Å²) in [6.45, 7) is 2.24. The van der Waals surface area contributed by atoms with Gasteiger partial charge in [0.25, 0.3) is 5.56 Å². The molecule has 1 aliphatic heterocycles. The molecule has 0 fully saturated rings. The first-order valence-electron chi connectivity index (χ1n) is 7.72. The van der Waals surface area contributed by atoms with E-state index in [9.17, 15) is 4.79 Å². The van der Waals surface area contributed by atoms with E-state index in [0.29, 0.717) is 18.5 Å². The Labute approximate surface area is 138 Å². The van der Waals surface area contributed by atoms with Crippen LogP contribution >= 0.6 is 11.6 Å². The van der Waals surface area contributed by atoms with Gasteiger partial charge < -0.3 is 4.90 Å². The first kappa shape index (κ1) is 14.3. The SMILES string of the molecule is O=c1c2ccccc2nc2n1CCCN2Cc1ccccc1Cl. The maximum atomic E-state index is 12.7. The van der Waals surface area contributed by atoms with Crippen molar-refractivity contribution in [3.8, 4) is 0 Å². The Morgan fingerprint density at radius 2 is 1.83 bits per heavy atom. The fraction of sp³-hybridized carbons (Fsp3) is 0.222. The molecule has 0 aliphatic carbocycles. The molecule has 0 spiro atoms. The highest BCUT2D eigenvalue weighted by atomic mass is 35.5. The Bertz CT molecular complexity index is 935. The molecule has 2 aromatic carbocycles. The van der Waals surface area contributed by atoms with Gasteiger partial charge >= 0.3 is 0 Å². The molecular formula is C18H16ClN3O. The number of benzene rings is 2. The highest BCUT2D eigenvalue weighted by molar-refractivity contribution is 6.31. The third-order valence-corrected chi connectivity index (χ3v) is 4.62. The van der Waals surface area contributed by atoms with Gasteiger partial charge in [0.15, 0.2) is 0 Å². The predicted molar refractivity (Wildman–Crippen MR) is 93.1 cm³/mol. The van der Waals surface area contributed by atoms with Gasteiger partial charge in [0.05, 0.1) is 10.9 Å². The number of fused-ring (bicyclic) bond motifs is 2. The lowest BCUT2D eigenvalue weighted by atomic mass is 10.2. The lowest BCUT2D eigenvalue weighted by Crippen LogP contribution is -2.38. The molecule has 2 heterocycles. The zero-order valence-electron chi connectivity index (χ0n) is 12.6. The standard InChI is InChI=1S/C18H16ClN3O/c19-15-8-3-1-6-13(15)12-21-10-5-11-22-17(23)14-7-2-4-9-16(14)20-18(21)22/h1-4,6-9H,5,10-12H2. The van der Waals surface area contributed by atoms with Gasteiger partial charge in [0.2, 0.25) is 5.95 Å². The number of rotatable bonds is 2. The fourth-order valence-electron chi connectivity index (χ4n) is 3.10. The minimum Gasteiger partial charge on any atom is -0.338 e. The van der Waals surface area contributed by atoms with E-state index in [1.807, 2.05) is 48.5 Å². The molecule has 0 atom stereocenters. The molecule has 5 heteroatoms. The Hall–Kier alpha value is -2.33. The second-order valence-corrected chi connectivity index (χ2v) is 6.16. The monoisotopic (exact) mass is 325 g/mol. The van der Waals surface area contributed by atoms with Crippen LogP contribution in [-0.2, 0) is 13.1 Å². The molecule has 116 valence electrons. The summed E-state index contributed by atoms with van der Waals surface area (Å²) < 4.78 is 1.78. The van der Waals surface area contributed by atoms with E-state index in [2.05, 4.69) is 4.90 Å². The van der Waals surface area contributed by atoms with E-state index in [0.717, 1.165) is 35.0 Å². The number of anilines is 1. The van der Waals surface area contributed by atoms with Crippen molar-refractivity contribution in [3.63, 3.8) is 0 Å². The van der Waals surface area contributed by atoms with Crippen LogP contribution in [0, 0.1) is 0 Å². The van der Waals surface area contributed by atoms with Crippen LogP contribution < -0.4 is 10.5 Å². The number of nitrogens with zero attached hydrogens (tertiary/aromatic N) is 3. The van der Waals surface area contributed by atoms with Crippen molar-refractivity contribution < 1.29 is 0 Å². The van der Waals surface area contributed by atoms with Crippen molar-refractivity contribution in [2.24, 2.45) is 0 Å². The average Bonchev–Trinajstić information content (AvgIpc) is 2.58. The van der Waals surface area contributed by atoms with Crippen LogP contribution in [0.1, 0.15) is 12.0 Å². The third-order valence-electron chi connectivity index (χ3n) is 4.25. The van der Waals surface area contributed by atoms with Gasteiger partial charge in [-0.1, -0.05) is 41.9 Å². The summed E-state index contributed by atoms with van der Waals surface area (Å²) in [6.07, 6.45) is 0.928. The molecule has 23 heavy (non-hydrogen) atoms. The highest BCUT2D eigenvalue weighted by Crippen LogP contribution is 2.24. The molecule has 0 unspecified atom stereocenters. The van der Waals surface area contributed by atoms with Gasteiger partial charge in [-0.2, -0.15) is 0 Å². The molecule has 1 aliphatic rings. The van der Waals surface area contributed by atoms with Crippen LogP contribution in [0.2, 0.25) is 5.02 Å². The second-order valence-electron chi connectivity index (χ2n) is 5.75. The van der Waals surface area contributed by atoms with Crippen LogP contribution in [0.4, 0.5) is 5.95 Å². The number of hydrogen-bond donors (Lipinski definition) is 0. The van der Waals surface area contributed by atoms with Crippen molar-refractivity contribution in [1.29, 1.82) is 0 Å². The summed E-state index contributed by atoms with van der Waals surface area (Å²) in [5.41, 5.74) is 1.83. The van der Waals surface area contributed by atoms with Gasteiger partial charge in [-0.3, -0.25) is 9.36 Å². The summed E-state index contributed by atoms with van der Waals surface area (Å²) in [5.74, 6) is 0.736.